The van der Waals surface area contributed by atoms with Gasteiger partial charge in [0.15, 0.2) is 0 Å². The second-order valence-electron chi connectivity index (χ2n) is 2.66. The molecule has 1 rings (SSSR count). The first-order valence-corrected chi connectivity index (χ1v) is 6.05. The molecule has 11 heavy (non-hydrogen) atoms. The highest BCUT2D eigenvalue weighted by atomic mass is 79.9. The third-order valence-corrected chi connectivity index (χ3v) is 4.39. The minimum absolute atomic E-state index is 0.0625. The largest absolute Gasteiger partial charge is 0.393 e. The maximum absolute atomic E-state index is 10.9. The summed E-state index contributed by atoms with van der Waals surface area (Å²) in [5, 5.41) is 8.84. The standard InChI is InChI=1S/C5H10BrNO3S/c6-3-11(9,10)7-4-1-5(8)2-4/h4-5,7-8H,1-3H2. The van der Waals surface area contributed by atoms with Crippen molar-refractivity contribution < 1.29 is 13.5 Å². The first-order chi connectivity index (χ1) is 5.03. The van der Waals surface area contributed by atoms with Crippen LogP contribution in [-0.4, -0.2) is 30.3 Å². The van der Waals surface area contributed by atoms with Crippen LogP contribution in [0.3, 0.4) is 0 Å². The van der Waals surface area contributed by atoms with E-state index in [1.54, 1.807) is 0 Å². The van der Waals surface area contributed by atoms with Gasteiger partial charge in [-0.05, 0) is 12.8 Å². The van der Waals surface area contributed by atoms with Gasteiger partial charge in [-0.15, -0.1) is 0 Å². The van der Waals surface area contributed by atoms with Crippen LogP contribution in [0.1, 0.15) is 12.8 Å². The first-order valence-electron chi connectivity index (χ1n) is 3.27. The van der Waals surface area contributed by atoms with E-state index in [-0.39, 0.29) is 16.8 Å². The van der Waals surface area contributed by atoms with Crippen LogP contribution < -0.4 is 4.72 Å². The fraction of sp³-hybridized carbons (Fsp3) is 1.00. The summed E-state index contributed by atoms with van der Waals surface area (Å²) in [6.07, 6.45) is 0.747. The molecule has 1 aliphatic rings. The van der Waals surface area contributed by atoms with E-state index in [0.29, 0.717) is 12.8 Å². The number of rotatable bonds is 3. The van der Waals surface area contributed by atoms with Crippen LogP contribution in [0.25, 0.3) is 0 Å². The average Bonchev–Trinajstić information content (AvgIpc) is 1.84. The molecule has 0 atom stereocenters. The van der Waals surface area contributed by atoms with E-state index < -0.39 is 10.0 Å². The van der Waals surface area contributed by atoms with Gasteiger partial charge in [0.05, 0.1) is 6.10 Å². The summed E-state index contributed by atoms with van der Waals surface area (Å²) in [5.41, 5.74) is 0. The normalized spacial score (nSPS) is 31.5. The van der Waals surface area contributed by atoms with E-state index in [0.717, 1.165) is 0 Å². The van der Waals surface area contributed by atoms with Crippen LogP contribution in [0.5, 0.6) is 0 Å². The van der Waals surface area contributed by atoms with E-state index in [2.05, 4.69) is 20.7 Å². The fourth-order valence-electron chi connectivity index (χ4n) is 0.969. The number of aliphatic hydroxyl groups is 1. The van der Waals surface area contributed by atoms with Gasteiger partial charge in [-0.2, -0.15) is 0 Å². The van der Waals surface area contributed by atoms with Gasteiger partial charge in [0.2, 0.25) is 10.0 Å². The molecule has 6 heteroatoms. The van der Waals surface area contributed by atoms with Crippen molar-refractivity contribution in [2.45, 2.75) is 25.0 Å². The topological polar surface area (TPSA) is 66.4 Å². The Kier molecular flexibility index (Phi) is 2.90. The van der Waals surface area contributed by atoms with E-state index in [1.807, 2.05) is 0 Å². The molecule has 0 aliphatic heterocycles. The van der Waals surface area contributed by atoms with Gasteiger partial charge in [0.1, 0.15) is 4.66 Å². The lowest BCUT2D eigenvalue weighted by Gasteiger charge is -2.31. The Hall–Kier alpha value is 0.350. The van der Waals surface area contributed by atoms with Crippen molar-refractivity contribution in [3.05, 3.63) is 0 Å². The summed E-state index contributed by atoms with van der Waals surface area (Å²) in [7, 11) is -3.15. The maximum Gasteiger partial charge on any atom is 0.221 e. The summed E-state index contributed by atoms with van der Waals surface area (Å²) >= 11 is 2.85. The highest BCUT2D eigenvalue weighted by Gasteiger charge is 2.29. The monoisotopic (exact) mass is 243 g/mol. The van der Waals surface area contributed by atoms with Crippen LogP contribution in [0, 0.1) is 0 Å². The van der Waals surface area contributed by atoms with E-state index in [9.17, 15) is 8.42 Å². The van der Waals surface area contributed by atoms with Crippen molar-refractivity contribution >= 4 is 26.0 Å². The number of hydrogen-bond donors (Lipinski definition) is 2. The molecule has 0 radical (unpaired) electrons. The number of alkyl halides is 1. The number of hydrogen-bond acceptors (Lipinski definition) is 3. The van der Waals surface area contributed by atoms with Crippen molar-refractivity contribution in [3.8, 4) is 0 Å². The summed E-state index contributed by atoms with van der Waals surface area (Å²) in [5.74, 6) is 0. The molecule has 1 aliphatic carbocycles. The second-order valence-corrected chi connectivity index (χ2v) is 5.72. The smallest absolute Gasteiger partial charge is 0.221 e. The van der Waals surface area contributed by atoms with E-state index in [4.69, 9.17) is 5.11 Å². The Bertz CT molecular complexity index is 222. The molecule has 0 bridgehead atoms. The molecule has 66 valence electrons. The molecule has 0 aromatic rings. The zero-order valence-electron chi connectivity index (χ0n) is 5.83. The van der Waals surface area contributed by atoms with Crippen molar-refractivity contribution in [3.63, 3.8) is 0 Å². The zero-order chi connectivity index (χ0) is 8.48. The van der Waals surface area contributed by atoms with Crippen molar-refractivity contribution in [2.75, 3.05) is 4.66 Å². The lowest BCUT2D eigenvalue weighted by molar-refractivity contribution is 0.0712. The number of halogens is 1. The third kappa shape index (κ3) is 2.70. The highest BCUT2D eigenvalue weighted by Crippen LogP contribution is 2.20. The summed E-state index contributed by atoms with van der Waals surface area (Å²) < 4.78 is 24.1. The molecular formula is C5H10BrNO3S. The van der Waals surface area contributed by atoms with Gasteiger partial charge >= 0.3 is 0 Å². The SMILES string of the molecule is O=S(=O)(CBr)NC1CC(O)C1. The van der Waals surface area contributed by atoms with Crippen LogP contribution in [0.15, 0.2) is 0 Å². The molecule has 0 saturated heterocycles. The summed E-state index contributed by atoms with van der Waals surface area (Å²) in [6.45, 7) is 0. The highest BCUT2D eigenvalue weighted by molar-refractivity contribution is 9.10. The number of nitrogens with one attached hydrogen (secondary N) is 1. The quantitative estimate of drug-likeness (QED) is 0.674. The average molecular weight is 244 g/mol. The van der Waals surface area contributed by atoms with E-state index >= 15 is 0 Å². The molecule has 1 fully saturated rings. The Balaban J connectivity index is 2.33. The first kappa shape index (κ1) is 9.44. The molecule has 0 heterocycles. The fourth-order valence-corrected chi connectivity index (χ4v) is 2.13. The second kappa shape index (κ2) is 3.38. The summed E-state index contributed by atoms with van der Waals surface area (Å²) in [4.78, 5) is 0. The van der Waals surface area contributed by atoms with Gasteiger partial charge in [0.25, 0.3) is 0 Å². The Morgan fingerprint density at radius 1 is 1.55 bits per heavy atom. The number of sulfonamides is 1. The van der Waals surface area contributed by atoms with Crippen molar-refractivity contribution in [1.29, 1.82) is 0 Å². The molecule has 0 aromatic heterocycles. The lowest BCUT2D eigenvalue weighted by atomic mass is 9.91. The van der Waals surface area contributed by atoms with Crippen LogP contribution in [0.2, 0.25) is 0 Å². The Morgan fingerprint density at radius 2 is 2.09 bits per heavy atom. The van der Waals surface area contributed by atoms with Gasteiger partial charge in [-0.1, -0.05) is 15.9 Å². The van der Waals surface area contributed by atoms with Gasteiger partial charge in [-0.25, -0.2) is 13.1 Å². The zero-order valence-corrected chi connectivity index (χ0v) is 8.23. The molecule has 0 unspecified atom stereocenters. The Morgan fingerprint density at radius 3 is 2.45 bits per heavy atom. The maximum atomic E-state index is 10.9. The van der Waals surface area contributed by atoms with Gasteiger partial charge in [0, 0.05) is 6.04 Å². The predicted octanol–water partition coefficient (Wildman–Crippen LogP) is -0.219. The molecule has 0 amide bonds. The molecule has 0 aromatic carbocycles. The van der Waals surface area contributed by atoms with Crippen LogP contribution in [0.4, 0.5) is 0 Å². The molecule has 2 N–H and O–H groups in total. The third-order valence-electron chi connectivity index (χ3n) is 1.60. The van der Waals surface area contributed by atoms with Gasteiger partial charge < -0.3 is 5.11 Å². The number of aliphatic hydroxyl groups excluding tert-OH is 1. The van der Waals surface area contributed by atoms with Crippen molar-refractivity contribution in [1.82, 2.24) is 4.72 Å². The summed E-state index contributed by atoms with van der Waals surface area (Å²) in [6, 6.07) is -0.0625. The molecular weight excluding hydrogens is 234 g/mol. The van der Waals surface area contributed by atoms with Crippen LogP contribution in [-0.2, 0) is 10.0 Å². The minimum Gasteiger partial charge on any atom is -0.393 e. The lowest BCUT2D eigenvalue weighted by Crippen LogP contribution is -2.46. The minimum atomic E-state index is -3.15. The molecule has 0 spiro atoms. The predicted molar refractivity (Wildman–Crippen MR) is 44.9 cm³/mol. The van der Waals surface area contributed by atoms with E-state index in [1.165, 1.54) is 0 Å². The molecule has 1 saturated carbocycles. The van der Waals surface area contributed by atoms with Crippen molar-refractivity contribution in [2.24, 2.45) is 0 Å². The van der Waals surface area contributed by atoms with Gasteiger partial charge in [-0.3, -0.25) is 0 Å². The Labute approximate surface area is 74.2 Å². The van der Waals surface area contributed by atoms with Crippen LogP contribution >= 0.6 is 15.9 Å². The molecule has 4 nitrogen and oxygen atoms in total.